The van der Waals surface area contributed by atoms with Gasteiger partial charge in [-0.3, -0.25) is 0 Å². The number of anilines is 1. The Kier molecular flexibility index (Phi) is 3.84. The SMILES string of the molecule is N#Cc1cc(Br)cc(NCC(F)F)c1. The number of hydrogen-bond acceptors (Lipinski definition) is 2. The molecule has 0 amide bonds. The van der Waals surface area contributed by atoms with E-state index in [1.165, 1.54) is 6.07 Å². The maximum absolute atomic E-state index is 11.9. The van der Waals surface area contributed by atoms with Gasteiger partial charge in [-0.25, -0.2) is 8.78 Å². The van der Waals surface area contributed by atoms with Crippen LogP contribution in [0.4, 0.5) is 14.5 Å². The van der Waals surface area contributed by atoms with Gasteiger partial charge in [-0.05, 0) is 18.2 Å². The lowest BCUT2D eigenvalue weighted by Gasteiger charge is -2.06. The highest BCUT2D eigenvalue weighted by Crippen LogP contribution is 2.19. The first-order chi connectivity index (χ1) is 6.61. The topological polar surface area (TPSA) is 35.8 Å². The van der Waals surface area contributed by atoms with Crippen molar-refractivity contribution in [2.45, 2.75) is 6.43 Å². The number of hydrogen-bond donors (Lipinski definition) is 1. The van der Waals surface area contributed by atoms with Gasteiger partial charge in [0.2, 0.25) is 0 Å². The van der Waals surface area contributed by atoms with Crippen LogP contribution in [0.5, 0.6) is 0 Å². The van der Waals surface area contributed by atoms with Gasteiger partial charge in [0.15, 0.2) is 0 Å². The van der Waals surface area contributed by atoms with Gasteiger partial charge in [0.05, 0.1) is 18.2 Å². The molecular formula is C9H7BrF2N2. The van der Waals surface area contributed by atoms with Gasteiger partial charge in [0.1, 0.15) is 0 Å². The van der Waals surface area contributed by atoms with E-state index in [1.54, 1.807) is 12.1 Å². The minimum Gasteiger partial charge on any atom is -0.379 e. The van der Waals surface area contributed by atoms with Crippen molar-refractivity contribution in [2.24, 2.45) is 0 Å². The molecular weight excluding hydrogens is 254 g/mol. The Labute approximate surface area is 88.7 Å². The van der Waals surface area contributed by atoms with E-state index in [9.17, 15) is 8.78 Å². The summed E-state index contributed by atoms with van der Waals surface area (Å²) < 4.78 is 24.4. The lowest BCUT2D eigenvalue weighted by Crippen LogP contribution is -2.10. The number of halogens is 3. The summed E-state index contributed by atoms with van der Waals surface area (Å²) in [5.41, 5.74) is 0.937. The van der Waals surface area contributed by atoms with Gasteiger partial charge < -0.3 is 5.32 Å². The summed E-state index contributed by atoms with van der Waals surface area (Å²) in [5.74, 6) is 0. The summed E-state index contributed by atoms with van der Waals surface area (Å²) in [6.07, 6.45) is -2.40. The number of nitriles is 1. The minimum absolute atomic E-state index is 0.415. The molecule has 74 valence electrons. The highest BCUT2D eigenvalue weighted by molar-refractivity contribution is 9.10. The second kappa shape index (κ2) is 4.91. The Bertz CT molecular complexity index is 360. The quantitative estimate of drug-likeness (QED) is 0.907. The third-order valence-electron chi connectivity index (χ3n) is 1.49. The smallest absolute Gasteiger partial charge is 0.255 e. The molecule has 1 aromatic carbocycles. The Hall–Kier alpha value is -1.15. The van der Waals surface area contributed by atoms with Gasteiger partial charge in [-0.15, -0.1) is 0 Å². The zero-order valence-electron chi connectivity index (χ0n) is 7.10. The zero-order valence-corrected chi connectivity index (χ0v) is 8.68. The van der Waals surface area contributed by atoms with E-state index in [2.05, 4.69) is 21.2 Å². The molecule has 0 bridgehead atoms. The maximum atomic E-state index is 11.9. The predicted octanol–water partition coefficient (Wildman–Crippen LogP) is 3.00. The molecule has 1 N–H and O–H groups in total. The van der Waals surface area contributed by atoms with Crippen LogP contribution in [0.2, 0.25) is 0 Å². The van der Waals surface area contributed by atoms with Crippen LogP contribution in [0.1, 0.15) is 5.56 Å². The molecule has 1 aromatic rings. The van der Waals surface area contributed by atoms with Gasteiger partial charge >= 0.3 is 0 Å². The lowest BCUT2D eigenvalue weighted by molar-refractivity contribution is 0.163. The fourth-order valence-corrected chi connectivity index (χ4v) is 1.44. The zero-order chi connectivity index (χ0) is 10.6. The minimum atomic E-state index is -2.40. The number of nitrogens with zero attached hydrogens (tertiary/aromatic N) is 1. The van der Waals surface area contributed by atoms with E-state index in [0.717, 1.165) is 0 Å². The van der Waals surface area contributed by atoms with Crippen LogP contribution in [-0.2, 0) is 0 Å². The van der Waals surface area contributed by atoms with Gasteiger partial charge in [-0.2, -0.15) is 5.26 Å². The van der Waals surface area contributed by atoms with Gasteiger partial charge in [0.25, 0.3) is 6.43 Å². The highest BCUT2D eigenvalue weighted by Gasteiger charge is 2.03. The second-order valence-electron chi connectivity index (χ2n) is 2.61. The van der Waals surface area contributed by atoms with E-state index in [0.29, 0.717) is 15.7 Å². The van der Waals surface area contributed by atoms with E-state index in [1.807, 2.05) is 6.07 Å². The number of nitrogens with one attached hydrogen (secondary N) is 1. The molecule has 0 fully saturated rings. The maximum Gasteiger partial charge on any atom is 0.255 e. The number of benzene rings is 1. The monoisotopic (exact) mass is 260 g/mol. The number of rotatable bonds is 3. The molecule has 2 nitrogen and oxygen atoms in total. The molecule has 5 heteroatoms. The predicted molar refractivity (Wildman–Crippen MR) is 53.4 cm³/mol. The van der Waals surface area contributed by atoms with E-state index < -0.39 is 13.0 Å². The molecule has 14 heavy (non-hydrogen) atoms. The summed E-state index contributed by atoms with van der Waals surface area (Å²) in [5, 5.41) is 11.1. The molecule has 0 aliphatic carbocycles. The molecule has 1 rings (SSSR count). The Morgan fingerprint density at radius 1 is 1.43 bits per heavy atom. The summed E-state index contributed by atoms with van der Waals surface area (Å²) in [6.45, 7) is -0.415. The molecule has 0 atom stereocenters. The first-order valence-electron chi connectivity index (χ1n) is 3.84. The average molecular weight is 261 g/mol. The summed E-state index contributed by atoms with van der Waals surface area (Å²) in [6, 6.07) is 6.72. The van der Waals surface area contributed by atoms with Crippen LogP contribution in [0.3, 0.4) is 0 Å². The average Bonchev–Trinajstić information content (AvgIpc) is 2.14. The summed E-state index contributed by atoms with van der Waals surface area (Å²) >= 11 is 3.18. The Balaban J connectivity index is 2.78. The van der Waals surface area contributed by atoms with Crippen molar-refractivity contribution in [3.05, 3.63) is 28.2 Å². The van der Waals surface area contributed by atoms with Crippen molar-refractivity contribution < 1.29 is 8.78 Å². The molecule has 0 aliphatic rings. The summed E-state index contributed by atoms with van der Waals surface area (Å²) in [4.78, 5) is 0. The van der Waals surface area contributed by atoms with Crippen molar-refractivity contribution in [2.75, 3.05) is 11.9 Å². The number of alkyl halides is 2. The molecule has 0 heterocycles. The fourth-order valence-electron chi connectivity index (χ4n) is 0.951. The Morgan fingerprint density at radius 2 is 2.14 bits per heavy atom. The lowest BCUT2D eigenvalue weighted by atomic mass is 10.2. The van der Waals surface area contributed by atoms with Crippen molar-refractivity contribution in [1.29, 1.82) is 5.26 Å². The van der Waals surface area contributed by atoms with E-state index in [4.69, 9.17) is 5.26 Å². The van der Waals surface area contributed by atoms with Gasteiger partial charge in [0, 0.05) is 10.2 Å². The summed E-state index contributed by atoms with van der Waals surface area (Å²) in [7, 11) is 0. The molecule has 0 radical (unpaired) electrons. The van der Waals surface area contributed by atoms with Crippen LogP contribution in [0, 0.1) is 11.3 Å². The van der Waals surface area contributed by atoms with E-state index >= 15 is 0 Å². The fraction of sp³-hybridized carbons (Fsp3) is 0.222. The van der Waals surface area contributed by atoms with Gasteiger partial charge in [-0.1, -0.05) is 15.9 Å². The highest BCUT2D eigenvalue weighted by atomic mass is 79.9. The second-order valence-corrected chi connectivity index (χ2v) is 3.53. The molecule has 0 aromatic heterocycles. The standard InChI is InChI=1S/C9H7BrF2N2/c10-7-1-6(4-13)2-8(3-7)14-5-9(11)12/h1-3,9,14H,5H2. The van der Waals surface area contributed by atoms with Crippen LogP contribution >= 0.6 is 15.9 Å². The molecule has 0 spiro atoms. The Morgan fingerprint density at radius 3 is 2.71 bits per heavy atom. The molecule has 0 saturated heterocycles. The van der Waals surface area contributed by atoms with Crippen molar-refractivity contribution in [3.63, 3.8) is 0 Å². The molecule has 0 aliphatic heterocycles. The normalized spacial score (nSPS) is 9.93. The molecule has 0 unspecified atom stereocenters. The van der Waals surface area contributed by atoms with Crippen molar-refractivity contribution >= 4 is 21.6 Å². The molecule has 0 saturated carbocycles. The largest absolute Gasteiger partial charge is 0.379 e. The first kappa shape index (κ1) is 10.9. The first-order valence-corrected chi connectivity index (χ1v) is 4.64. The van der Waals surface area contributed by atoms with Crippen molar-refractivity contribution in [3.8, 4) is 6.07 Å². The van der Waals surface area contributed by atoms with Crippen molar-refractivity contribution in [1.82, 2.24) is 0 Å². The van der Waals surface area contributed by atoms with Crippen LogP contribution in [-0.4, -0.2) is 13.0 Å². The third-order valence-corrected chi connectivity index (χ3v) is 1.95. The van der Waals surface area contributed by atoms with Crippen LogP contribution in [0.15, 0.2) is 22.7 Å². The van der Waals surface area contributed by atoms with Crippen LogP contribution in [0.25, 0.3) is 0 Å². The third kappa shape index (κ3) is 3.30. The van der Waals surface area contributed by atoms with E-state index in [-0.39, 0.29) is 0 Å². The van der Waals surface area contributed by atoms with Crippen LogP contribution < -0.4 is 5.32 Å².